The second-order valence-corrected chi connectivity index (χ2v) is 4.84. The monoisotopic (exact) mass is 300 g/mol. The number of ether oxygens (including phenoxy) is 1. The van der Waals surface area contributed by atoms with Gasteiger partial charge in [-0.3, -0.25) is 15.2 Å². The minimum Gasteiger partial charge on any atom is -0.444 e. The number of carbonyl (C=O) groups is 1. The van der Waals surface area contributed by atoms with Crippen LogP contribution in [0.25, 0.3) is 0 Å². The first-order chi connectivity index (χ1) is 10.5. The molecule has 6 heteroatoms. The molecule has 22 heavy (non-hydrogen) atoms. The molecule has 116 valence electrons. The minimum atomic E-state index is -0.337. The highest BCUT2D eigenvalue weighted by Gasteiger charge is 2.10. The van der Waals surface area contributed by atoms with Crippen LogP contribution in [0.2, 0.25) is 0 Å². The number of aryl methyl sites for hydroxylation is 2. The zero-order valence-electron chi connectivity index (χ0n) is 12.8. The fourth-order valence-electron chi connectivity index (χ4n) is 1.80. The molecule has 0 radical (unpaired) electrons. The summed E-state index contributed by atoms with van der Waals surface area (Å²) in [6.07, 6.45) is 3.83. The largest absolute Gasteiger partial charge is 0.444 e. The Morgan fingerprint density at radius 1 is 1.36 bits per heavy atom. The van der Waals surface area contributed by atoms with Gasteiger partial charge in [0.25, 0.3) is 5.91 Å². The molecule has 1 amide bonds. The van der Waals surface area contributed by atoms with Crippen LogP contribution >= 0.6 is 0 Å². The minimum absolute atomic E-state index is 0. The summed E-state index contributed by atoms with van der Waals surface area (Å²) in [6.45, 7) is 5.40. The van der Waals surface area contributed by atoms with Crippen LogP contribution in [0.15, 0.2) is 30.6 Å². The molecular formula is C16H20N4O2. The Kier molecular flexibility index (Phi) is 4.83. The van der Waals surface area contributed by atoms with E-state index in [1.807, 2.05) is 19.9 Å². The quantitative estimate of drug-likeness (QED) is 0.670. The predicted molar refractivity (Wildman–Crippen MR) is 86.7 cm³/mol. The van der Waals surface area contributed by atoms with Crippen molar-refractivity contribution in [3.63, 3.8) is 0 Å². The summed E-state index contributed by atoms with van der Waals surface area (Å²) < 4.78 is 5.31. The average molecular weight is 300 g/mol. The van der Waals surface area contributed by atoms with Gasteiger partial charge in [0.15, 0.2) is 5.90 Å². The number of hydrogen-bond acceptors (Lipinski definition) is 5. The molecule has 2 rings (SSSR count). The second kappa shape index (κ2) is 6.80. The molecule has 0 bridgehead atoms. The van der Waals surface area contributed by atoms with Gasteiger partial charge in [0.2, 0.25) is 0 Å². The van der Waals surface area contributed by atoms with E-state index in [1.165, 1.54) is 6.20 Å². The third-order valence-corrected chi connectivity index (χ3v) is 3.01. The summed E-state index contributed by atoms with van der Waals surface area (Å²) in [4.78, 5) is 20.4. The zero-order chi connectivity index (χ0) is 16.1. The highest BCUT2D eigenvalue weighted by atomic mass is 16.5. The lowest BCUT2D eigenvalue weighted by Crippen LogP contribution is -2.14. The second-order valence-electron chi connectivity index (χ2n) is 4.84. The number of nitrogens with zero attached hydrogens (tertiary/aromatic N) is 2. The Hall–Kier alpha value is -2.76. The van der Waals surface area contributed by atoms with Crippen molar-refractivity contribution >= 4 is 17.5 Å². The van der Waals surface area contributed by atoms with E-state index < -0.39 is 0 Å². The smallest absolute Gasteiger partial charge is 0.275 e. The number of aromatic nitrogens is 2. The molecule has 0 saturated carbocycles. The molecule has 0 saturated heterocycles. The van der Waals surface area contributed by atoms with E-state index in [1.54, 1.807) is 25.3 Å². The van der Waals surface area contributed by atoms with Crippen molar-refractivity contribution in [1.29, 1.82) is 5.41 Å². The fraction of sp³-hybridized carbons (Fsp3) is 0.250. The molecule has 6 nitrogen and oxygen atoms in total. The lowest BCUT2D eigenvalue weighted by molar-refractivity contribution is 0.102. The highest BCUT2D eigenvalue weighted by Crippen LogP contribution is 2.23. The summed E-state index contributed by atoms with van der Waals surface area (Å²) in [5.41, 5.74) is 2.55. The lowest BCUT2D eigenvalue weighted by atomic mass is 10.2. The summed E-state index contributed by atoms with van der Waals surface area (Å²) in [7, 11) is 0. The number of amides is 1. The zero-order valence-corrected chi connectivity index (χ0v) is 12.8. The molecule has 2 aromatic rings. The van der Waals surface area contributed by atoms with Gasteiger partial charge in [0.05, 0.1) is 11.9 Å². The van der Waals surface area contributed by atoms with Crippen LogP contribution in [0.4, 0.5) is 5.69 Å². The molecule has 0 aliphatic rings. The Bertz CT molecular complexity index is 702. The van der Waals surface area contributed by atoms with E-state index in [-0.39, 0.29) is 18.9 Å². The Balaban J connectivity index is 0.00000264. The summed E-state index contributed by atoms with van der Waals surface area (Å²) in [5.74, 6) is 0.293. The van der Waals surface area contributed by atoms with E-state index in [2.05, 4.69) is 15.3 Å². The van der Waals surface area contributed by atoms with Crippen LogP contribution in [0.3, 0.4) is 0 Å². The number of anilines is 1. The molecule has 0 spiro atoms. The van der Waals surface area contributed by atoms with Crippen molar-refractivity contribution in [2.75, 3.05) is 5.32 Å². The molecule has 1 aromatic carbocycles. The van der Waals surface area contributed by atoms with E-state index in [4.69, 9.17) is 10.1 Å². The number of carbonyl (C=O) groups excluding carboxylic acids is 1. The maximum atomic E-state index is 12.1. The van der Waals surface area contributed by atoms with E-state index in [9.17, 15) is 4.79 Å². The standard InChI is InChI=1S/C16H18N4O2.H2/c1-4-12-8-19-14(9-18-12)16(21)20-13-6-5-10(2)15(7-13)22-11(3)17;/h5-9,17H,4H2,1-3H3,(H,20,21);1H. The van der Waals surface area contributed by atoms with Crippen LogP contribution in [-0.2, 0) is 6.42 Å². The maximum Gasteiger partial charge on any atom is 0.275 e. The third kappa shape index (κ3) is 3.88. The first-order valence-electron chi connectivity index (χ1n) is 6.95. The molecule has 0 atom stereocenters. The Morgan fingerprint density at radius 3 is 2.73 bits per heavy atom. The van der Waals surface area contributed by atoms with E-state index >= 15 is 0 Å². The van der Waals surface area contributed by atoms with Gasteiger partial charge in [0, 0.05) is 26.3 Å². The van der Waals surface area contributed by atoms with Crippen molar-refractivity contribution < 1.29 is 11.0 Å². The molecule has 2 N–H and O–H groups in total. The summed E-state index contributed by atoms with van der Waals surface area (Å²) in [6, 6.07) is 5.27. The van der Waals surface area contributed by atoms with Crippen molar-refractivity contribution in [1.82, 2.24) is 9.97 Å². The maximum absolute atomic E-state index is 12.1. The van der Waals surface area contributed by atoms with E-state index in [0.717, 1.165) is 17.7 Å². The Labute approximate surface area is 130 Å². The molecule has 0 unspecified atom stereocenters. The number of rotatable bonds is 4. The van der Waals surface area contributed by atoms with Crippen LogP contribution in [0, 0.1) is 12.3 Å². The molecule has 1 heterocycles. The molecule has 0 fully saturated rings. The number of hydrogen-bond donors (Lipinski definition) is 2. The number of benzene rings is 1. The Morgan fingerprint density at radius 2 is 2.14 bits per heavy atom. The van der Waals surface area contributed by atoms with Crippen LogP contribution in [0.1, 0.15) is 37.0 Å². The van der Waals surface area contributed by atoms with Gasteiger partial charge in [0.1, 0.15) is 11.4 Å². The summed E-state index contributed by atoms with van der Waals surface area (Å²) in [5, 5.41) is 10.1. The van der Waals surface area contributed by atoms with Gasteiger partial charge in [-0.05, 0) is 25.0 Å². The molecule has 0 aliphatic heterocycles. The van der Waals surface area contributed by atoms with Crippen LogP contribution < -0.4 is 10.1 Å². The fourth-order valence-corrected chi connectivity index (χ4v) is 1.80. The summed E-state index contributed by atoms with van der Waals surface area (Å²) >= 11 is 0. The van der Waals surface area contributed by atoms with Gasteiger partial charge in [-0.1, -0.05) is 13.0 Å². The molecule has 1 aromatic heterocycles. The SMILES string of the molecule is CCc1cnc(C(=O)Nc2ccc(C)c(OC(C)=N)c2)cn1.[HH]. The normalized spacial score (nSPS) is 10.1. The predicted octanol–water partition coefficient (Wildman–Crippen LogP) is 3.22. The third-order valence-electron chi connectivity index (χ3n) is 3.01. The van der Waals surface area contributed by atoms with Gasteiger partial charge in [-0.25, -0.2) is 4.98 Å². The van der Waals surface area contributed by atoms with Crippen molar-refractivity contribution in [2.45, 2.75) is 27.2 Å². The van der Waals surface area contributed by atoms with Crippen molar-refractivity contribution in [3.8, 4) is 5.75 Å². The topological polar surface area (TPSA) is 88.0 Å². The first kappa shape index (κ1) is 15.6. The number of nitrogens with one attached hydrogen (secondary N) is 2. The van der Waals surface area contributed by atoms with Crippen LogP contribution in [0.5, 0.6) is 5.75 Å². The van der Waals surface area contributed by atoms with Gasteiger partial charge < -0.3 is 10.1 Å². The van der Waals surface area contributed by atoms with Crippen molar-refractivity contribution in [2.24, 2.45) is 0 Å². The first-order valence-corrected chi connectivity index (χ1v) is 6.95. The van der Waals surface area contributed by atoms with Crippen molar-refractivity contribution in [3.05, 3.63) is 47.5 Å². The molecular weight excluding hydrogens is 280 g/mol. The van der Waals surface area contributed by atoms with Gasteiger partial charge >= 0.3 is 0 Å². The highest BCUT2D eigenvalue weighted by molar-refractivity contribution is 6.02. The van der Waals surface area contributed by atoms with Crippen LogP contribution in [-0.4, -0.2) is 21.8 Å². The van der Waals surface area contributed by atoms with Gasteiger partial charge in [-0.2, -0.15) is 0 Å². The van der Waals surface area contributed by atoms with Gasteiger partial charge in [-0.15, -0.1) is 0 Å². The average Bonchev–Trinajstić information content (AvgIpc) is 2.50. The molecule has 0 aliphatic carbocycles. The lowest BCUT2D eigenvalue weighted by Gasteiger charge is -2.10. The van der Waals surface area contributed by atoms with E-state index in [0.29, 0.717) is 11.4 Å².